The van der Waals surface area contributed by atoms with E-state index < -0.39 is 25.3 Å². The second-order valence-corrected chi connectivity index (χ2v) is 9.28. The van der Waals surface area contributed by atoms with Gasteiger partial charge in [-0.2, -0.15) is 0 Å². The first kappa shape index (κ1) is 25.1. The fraction of sp³-hybridized carbons (Fsp3) is 0.909. The zero-order valence-corrected chi connectivity index (χ0v) is 17.1. The average Bonchev–Trinajstić information content (AvgIpc) is 2.60. The highest BCUT2D eigenvalue weighted by Crippen LogP contribution is 2.78. The molecule has 11 nitrogen and oxygen atoms in total. The molecule has 25 heavy (non-hydrogen) atoms. The maximum atomic E-state index is 13.1. The first-order chi connectivity index (χ1) is 11.7. The van der Waals surface area contributed by atoms with Crippen molar-refractivity contribution >= 4 is 32.0 Å². The van der Waals surface area contributed by atoms with Crippen LogP contribution in [0.5, 0.6) is 0 Å². The Balaban J connectivity index is 6.16. The second kappa shape index (κ2) is 11.7. The molecule has 0 amide bonds. The molecule has 0 saturated carbocycles. The molecule has 0 radical (unpaired) electrons. The molecule has 0 N–H and O–H groups in total. The van der Waals surface area contributed by atoms with E-state index in [9.17, 15) is 13.9 Å². The average molecular weight is 429 g/mol. The van der Waals surface area contributed by atoms with Crippen molar-refractivity contribution in [3.63, 3.8) is 0 Å². The third-order valence-electron chi connectivity index (χ3n) is 2.51. The van der Waals surface area contributed by atoms with E-state index >= 15 is 0 Å². The van der Waals surface area contributed by atoms with Gasteiger partial charge in [-0.3, -0.25) is 13.9 Å². The largest absolute Gasteiger partial charge is 0.411 e. The normalized spacial score (nSPS) is 13.2. The van der Waals surface area contributed by atoms with Crippen LogP contribution in [0.4, 0.5) is 0 Å². The Hall–Kier alpha value is 0.1000. The Morgan fingerprint density at radius 1 is 0.760 bits per heavy atom. The summed E-state index contributed by atoms with van der Waals surface area (Å²) in [7, 11) is -9.66. The number of hydrogen-bond donors (Lipinski definition) is 0. The number of hydrogen-bond acceptors (Lipinski definition) is 11. The highest BCUT2D eigenvalue weighted by molar-refractivity contribution is 7.76. The number of carbonyl (C=O) groups excluding carboxylic acids is 1. The minimum absolute atomic E-state index is 0.0883. The smallest absolute Gasteiger partial charge is 0.279 e. The molecule has 0 saturated heterocycles. The maximum absolute atomic E-state index is 13.1. The Labute approximate surface area is 150 Å². The summed E-state index contributed by atoms with van der Waals surface area (Å²) in [6.45, 7) is 6.50. The van der Waals surface area contributed by atoms with E-state index in [2.05, 4.69) is 38.2 Å². The molecular weight excluding hydrogens is 406 g/mol. The lowest BCUT2D eigenvalue weighted by molar-refractivity contribution is -0.274. The molecule has 0 heterocycles. The minimum atomic E-state index is -4.83. The zero-order chi connectivity index (χ0) is 19.6. The number of carbonyl (C=O) groups is 1. The van der Waals surface area contributed by atoms with E-state index in [4.69, 9.17) is 11.6 Å². The van der Waals surface area contributed by atoms with Crippen LogP contribution in [0.3, 0.4) is 0 Å². The van der Waals surface area contributed by atoms with Gasteiger partial charge in [0.05, 0.1) is 26.4 Å². The standard InChI is InChI=1S/C11H23ClO11P2/c1-6-16-20-24(14,21-17-7-2)11(5,10(12)13)25(15,22-18-8-3)23-19-9-4/h6-9H2,1-5H3. The lowest BCUT2D eigenvalue weighted by Crippen LogP contribution is -2.36. The fourth-order valence-electron chi connectivity index (χ4n) is 1.17. The van der Waals surface area contributed by atoms with Crippen molar-refractivity contribution in [1.29, 1.82) is 0 Å². The predicted octanol–water partition coefficient (Wildman–Crippen LogP) is 3.73. The Morgan fingerprint density at radius 2 is 1.00 bits per heavy atom. The molecule has 0 atom stereocenters. The van der Waals surface area contributed by atoms with Gasteiger partial charge in [0.15, 0.2) is 0 Å². The van der Waals surface area contributed by atoms with Crippen LogP contribution in [0.25, 0.3) is 0 Å². The minimum Gasteiger partial charge on any atom is -0.279 e. The molecule has 0 aliphatic rings. The van der Waals surface area contributed by atoms with Crippen molar-refractivity contribution in [2.45, 2.75) is 39.5 Å². The number of rotatable bonds is 15. The quantitative estimate of drug-likeness (QED) is 0.164. The molecule has 0 aromatic carbocycles. The van der Waals surface area contributed by atoms with Gasteiger partial charge in [-0.05, 0) is 46.2 Å². The van der Waals surface area contributed by atoms with Crippen molar-refractivity contribution in [3.8, 4) is 0 Å². The zero-order valence-electron chi connectivity index (χ0n) is 14.6. The summed E-state index contributed by atoms with van der Waals surface area (Å²) in [5.41, 5.74) is 0. The van der Waals surface area contributed by atoms with E-state index in [1.807, 2.05) is 0 Å². The molecule has 0 unspecified atom stereocenters. The molecular formula is C11H23ClO11P2. The van der Waals surface area contributed by atoms with Crippen molar-refractivity contribution in [1.82, 2.24) is 0 Å². The van der Waals surface area contributed by atoms with E-state index in [0.717, 1.165) is 6.92 Å². The topological polar surface area (TPSA) is 125 Å². The van der Waals surface area contributed by atoms with E-state index in [0.29, 0.717) is 0 Å². The van der Waals surface area contributed by atoms with E-state index in [-0.39, 0.29) is 26.4 Å². The highest BCUT2D eigenvalue weighted by Gasteiger charge is 2.70. The summed E-state index contributed by atoms with van der Waals surface area (Å²) in [6.07, 6.45) is 0. The van der Waals surface area contributed by atoms with Gasteiger partial charge in [0.2, 0.25) is 0 Å². The van der Waals surface area contributed by atoms with Crippen LogP contribution >= 0.6 is 26.8 Å². The molecule has 0 rings (SSSR count). The summed E-state index contributed by atoms with van der Waals surface area (Å²) in [6, 6.07) is 0. The molecule has 0 aromatic rings. The van der Waals surface area contributed by atoms with Crippen LogP contribution in [0.15, 0.2) is 0 Å². The second-order valence-electron chi connectivity index (χ2n) is 4.21. The van der Waals surface area contributed by atoms with Gasteiger partial charge in [-0.15, -0.1) is 18.7 Å². The Kier molecular flexibility index (Phi) is 11.8. The van der Waals surface area contributed by atoms with Crippen LogP contribution < -0.4 is 0 Å². The third-order valence-corrected chi connectivity index (χ3v) is 8.37. The summed E-state index contributed by atoms with van der Waals surface area (Å²) < 4.78 is 44.9. The third kappa shape index (κ3) is 6.05. The first-order valence-electron chi connectivity index (χ1n) is 7.34. The van der Waals surface area contributed by atoms with Gasteiger partial charge >= 0.3 is 15.2 Å². The molecule has 0 bridgehead atoms. The Bertz CT molecular complexity index is 442. The maximum Gasteiger partial charge on any atom is 0.411 e. The molecule has 14 heteroatoms. The van der Waals surface area contributed by atoms with Crippen molar-refractivity contribution in [3.05, 3.63) is 0 Å². The predicted molar refractivity (Wildman–Crippen MR) is 85.3 cm³/mol. The van der Waals surface area contributed by atoms with Crippen molar-refractivity contribution in [2.75, 3.05) is 26.4 Å². The Morgan fingerprint density at radius 3 is 1.16 bits per heavy atom. The van der Waals surface area contributed by atoms with Crippen molar-refractivity contribution in [2.24, 2.45) is 0 Å². The van der Waals surface area contributed by atoms with Gasteiger partial charge < -0.3 is 0 Å². The van der Waals surface area contributed by atoms with Crippen LogP contribution in [-0.2, 0) is 52.2 Å². The summed E-state index contributed by atoms with van der Waals surface area (Å²) in [5, 5.41) is -1.45. The summed E-state index contributed by atoms with van der Waals surface area (Å²) >= 11 is 5.54. The lowest BCUT2D eigenvalue weighted by atomic mass is 10.5. The van der Waals surface area contributed by atoms with Crippen LogP contribution in [0, 0.1) is 0 Å². The molecule has 0 aromatic heterocycles. The molecule has 0 aliphatic carbocycles. The van der Waals surface area contributed by atoms with Crippen LogP contribution in [-0.4, -0.2) is 36.6 Å². The van der Waals surface area contributed by atoms with Gasteiger partial charge in [0.25, 0.3) is 10.1 Å². The van der Waals surface area contributed by atoms with Crippen LogP contribution in [0.1, 0.15) is 34.6 Å². The first-order valence-corrected chi connectivity index (χ1v) is 10.8. The van der Waals surface area contributed by atoms with Crippen LogP contribution in [0.2, 0.25) is 0 Å². The van der Waals surface area contributed by atoms with Gasteiger partial charge in [-0.1, -0.05) is 0 Å². The van der Waals surface area contributed by atoms with Gasteiger partial charge in [0, 0.05) is 0 Å². The molecule has 150 valence electrons. The van der Waals surface area contributed by atoms with E-state index in [1.165, 1.54) is 27.7 Å². The summed E-state index contributed by atoms with van der Waals surface area (Å²) in [5.74, 6) is 0. The molecule has 0 fully saturated rings. The summed E-state index contributed by atoms with van der Waals surface area (Å²) in [4.78, 5) is 27.8. The lowest BCUT2D eigenvalue weighted by Gasteiger charge is -2.33. The molecule has 0 aliphatic heterocycles. The fourth-order valence-corrected chi connectivity index (χ4v) is 5.43. The SMILES string of the molecule is CCOOP(=O)(OOCC)C(C)(C(=O)Cl)P(=O)(OOCC)OOCC. The molecule has 0 spiro atoms. The van der Waals surface area contributed by atoms with Gasteiger partial charge in [0.1, 0.15) is 0 Å². The highest BCUT2D eigenvalue weighted by atomic mass is 35.5. The van der Waals surface area contributed by atoms with Gasteiger partial charge in [-0.25, -0.2) is 19.6 Å². The number of halogens is 1. The monoisotopic (exact) mass is 428 g/mol. The van der Waals surface area contributed by atoms with Crippen molar-refractivity contribution < 1.29 is 52.2 Å². The van der Waals surface area contributed by atoms with E-state index in [1.54, 1.807) is 0 Å².